The molecule has 0 saturated carbocycles. The van der Waals surface area contributed by atoms with Crippen LogP contribution in [0.1, 0.15) is 11.4 Å². The fourth-order valence-corrected chi connectivity index (χ4v) is 3.04. The fraction of sp³-hybridized carbons (Fsp3) is 0.385. The second-order valence-electron chi connectivity index (χ2n) is 3.90. The minimum absolute atomic E-state index is 0. The lowest BCUT2D eigenvalue weighted by Crippen LogP contribution is -3.00. The van der Waals surface area contributed by atoms with Crippen molar-refractivity contribution in [2.24, 2.45) is 0 Å². The van der Waals surface area contributed by atoms with Gasteiger partial charge in [0.15, 0.2) is 18.0 Å². The summed E-state index contributed by atoms with van der Waals surface area (Å²) in [6, 6.07) is 3.94. The Morgan fingerprint density at radius 3 is 2.47 bits per heavy atom. The molecule has 0 aliphatic heterocycles. The molecule has 0 amide bonds. The summed E-state index contributed by atoms with van der Waals surface area (Å²) >= 11 is 1.69. The van der Waals surface area contributed by atoms with Gasteiger partial charge in [-0.3, -0.25) is 0 Å². The first kappa shape index (κ1) is 15.9. The van der Waals surface area contributed by atoms with Crippen molar-refractivity contribution in [3.8, 4) is 11.5 Å². The average molecular weight is 346 g/mol. The maximum atomic E-state index is 10.5. The van der Waals surface area contributed by atoms with Crippen LogP contribution in [0.25, 0.3) is 10.2 Å². The van der Waals surface area contributed by atoms with Crippen molar-refractivity contribution in [1.29, 1.82) is 0 Å². The number of hydrogen-bond donors (Lipinski definition) is 0. The number of aryl methyl sites for hydroxylation is 2. The molecular formula is C13H16BrNO3S. The van der Waals surface area contributed by atoms with Crippen LogP contribution in [0.3, 0.4) is 0 Å². The molecule has 104 valence electrons. The van der Waals surface area contributed by atoms with Crippen LogP contribution in [0.4, 0.5) is 0 Å². The van der Waals surface area contributed by atoms with Crippen molar-refractivity contribution in [2.75, 3.05) is 14.2 Å². The summed E-state index contributed by atoms with van der Waals surface area (Å²) in [7, 11) is 3.25. The quantitative estimate of drug-likeness (QED) is 0.521. The molecule has 0 N–H and O–H groups in total. The van der Waals surface area contributed by atoms with E-state index in [-0.39, 0.29) is 17.0 Å². The Kier molecular flexibility index (Phi) is 5.75. The number of thiazole rings is 1. The highest BCUT2D eigenvalue weighted by molar-refractivity contribution is 7.18. The van der Waals surface area contributed by atoms with E-state index < -0.39 is 0 Å². The van der Waals surface area contributed by atoms with Crippen molar-refractivity contribution >= 4 is 27.8 Å². The van der Waals surface area contributed by atoms with Gasteiger partial charge in [0.1, 0.15) is 11.0 Å². The molecule has 0 fully saturated rings. The van der Waals surface area contributed by atoms with E-state index in [9.17, 15) is 4.79 Å². The summed E-state index contributed by atoms with van der Waals surface area (Å²) in [4.78, 5) is 10.5. The number of halogens is 1. The topological polar surface area (TPSA) is 39.4 Å². The predicted molar refractivity (Wildman–Crippen MR) is 70.5 cm³/mol. The predicted octanol–water partition coefficient (Wildman–Crippen LogP) is -0.893. The van der Waals surface area contributed by atoms with E-state index in [1.54, 1.807) is 25.6 Å². The minimum Gasteiger partial charge on any atom is -1.00 e. The molecule has 0 saturated heterocycles. The van der Waals surface area contributed by atoms with Crippen LogP contribution in [0, 0.1) is 6.92 Å². The smallest absolute Gasteiger partial charge is 0.235 e. The molecule has 6 heteroatoms. The van der Waals surface area contributed by atoms with Gasteiger partial charge in [0.05, 0.1) is 26.7 Å². The van der Waals surface area contributed by atoms with Gasteiger partial charge in [-0.1, -0.05) is 11.3 Å². The Morgan fingerprint density at radius 2 is 1.89 bits per heavy atom. The standard InChI is InChI=1S/C13H16NO3S.BrH/c1-9-14(5-4-6-15)10-7-11(16-2)12(17-3)8-13(10)18-9;/h6-8H,4-5H2,1-3H3;1H/q+1;/p-1. The number of benzene rings is 1. The minimum atomic E-state index is 0. The Hall–Kier alpha value is -1.14. The van der Waals surface area contributed by atoms with Crippen LogP contribution >= 0.6 is 11.3 Å². The Balaban J connectivity index is 0.00000180. The average Bonchev–Trinajstić information content (AvgIpc) is 2.69. The number of aromatic nitrogens is 1. The fourth-order valence-electron chi connectivity index (χ4n) is 1.99. The van der Waals surface area contributed by atoms with E-state index in [0.29, 0.717) is 18.7 Å². The van der Waals surface area contributed by atoms with Crippen LogP contribution in [-0.2, 0) is 11.3 Å². The number of carbonyl (C=O) groups excluding carboxylic acids is 1. The van der Waals surface area contributed by atoms with Crippen molar-refractivity contribution in [3.05, 3.63) is 17.1 Å². The Morgan fingerprint density at radius 1 is 1.26 bits per heavy atom. The number of fused-ring (bicyclic) bond motifs is 1. The van der Waals surface area contributed by atoms with E-state index in [2.05, 4.69) is 11.5 Å². The zero-order valence-corrected chi connectivity index (χ0v) is 13.5. The molecule has 0 radical (unpaired) electrons. The van der Waals surface area contributed by atoms with Gasteiger partial charge in [-0.25, -0.2) is 0 Å². The summed E-state index contributed by atoms with van der Waals surface area (Å²) in [5.74, 6) is 1.44. The second-order valence-corrected chi connectivity index (χ2v) is 5.14. The van der Waals surface area contributed by atoms with E-state index in [4.69, 9.17) is 9.47 Å². The highest BCUT2D eigenvalue weighted by Crippen LogP contribution is 2.33. The molecule has 0 unspecified atom stereocenters. The number of aldehydes is 1. The molecular weight excluding hydrogens is 330 g/mol. The third-order valence-electron chi connectivity index (χ3n) is 2.86. The third kappa shape index (κ3) is 3.06. The zero-order valence-electron chi connectivity index (χ0n) is 11.1. The number of hydrogen-bond acceptors (Lipinski definition) is 4. The van der Waals surface area contributed by atoms with Crippen molar-refractivity contribution in [2.45, 2.75) is 19.9 Å². The first-order chi connectivity index (χ1) is 8.71. The zero-order chi connectivity index (χ0) is 13.1. The lowest BCUT2D eigenvalue weighted by atomic mass is 10.3. The first-order valence-corrected chi connectivity index (χ1v) is 6.51. The maximum Gasteiger partial charge on any atom is 0.235 e. The summed E-state index contributed by atoms with van der Waals surface area (Å²) in [5, 5.41) is 1.17. The van der Waals surface area contributed by atoms with Gasteiger partial charge < -0.3 is 31.2 Å². The van der Waals surface area contributed by atoms with Crippen molar-refractivity contribution in [3.63, 3.8) is 0 Å². The number of rotatable bonds is 5. The lowest BCUT2D eigenvalue weighted by molar-refractivity contribution is -0.671. The largest absolute Gasteiger partial charge is 1.00 e. The summed E-state index contributed by atoms with van der Waals surface area (Å²) in [5.41, 5.74) is 1.08. The summed E-state index contributed by atoms with van der Waals surface area (Å²) < 4.78 is 13.9. The molecule has 0 aliphatic rings. The van der Waals surface area contributed by atoms with E-state index in [0.717, 1.165) is 22.3 Å². The van der Waals surface area contributed by atoms with Gasteiger partial charge in [0.2, 0.25) is 10.5 Å². The van der Waals surface area contributed by atoms with Crippen LogP contribution < -0.4 is 31.0 Å². The molecule has 1 heterocycles. The van der Waals surface area contributed by atoms with Gasteiger partial charge in [-0.05, 0) is 0 Å². The Labute approximate surface area is 126 Å². The molecule has 1 aromatic heterocycles. The molecule has 4 nitrogen and oxygen atoms in total. The van der Waals surface area contributed by atoms with Gasteiger partial charge >= 0.3 is 0 Å². The molecule has 0 bridgehead atoms. The molecule has 1 aromatic carbocycles. The molecule has 2 aromatic rings. The normalized spacial score (nSPS) is 10.1. The maximum absolute atomic E-state index is 10.5. The Bertz CT molecular complexity index is 583. The first-order valence-electron chi connectivity index (χ1n) is 5.70. The van der Waals surface area contributed by atoms with Crippen LogP contribution in [0.2, 0.25) is 0 Å². The van der Waals surface area contributed by atoms with Gasteiger partial charge in [0, 0.05) is 13.0 Å². The van der Waals surface area contributed by atoms with E-state index in [1.807, 2.05) is 12.1 Å². The van der Waals surface area contributed by atoms with Gasteiger partial charge in [-0.2, -0.15) is 4.57 Å². The number of nitrogens with zero attached hydrogens (tertiary/aromatic N) is 1. The molecule has 19 heavy (non-hydrogen) atoms. The van der Waals surface area contributed by atoms with Crippen LogP contribution in [0.15, 0.2) is 12.1 Å². The van der Waals surface area contributed by atoms with Crippen molar-refractivity contribution in [1.82, 2.24) is 0 Å². The third-order valence-corrected chi connectivity index (χ3v) is 3.93. The van der Waals surface area contributed by atoms with Crippen LogP contribution in [-0.4, -0.2) is 20.5 Å². The monoisotopic (exact) mass is 345 g/mol. The van der Waals surface area contributed by atoms with E-state index >= 15 is 0 Å². The number of methoxy groups -OCH3 is 2. The summed E-state index contributed by atoms with van der Waals surface area (Å²) in [6.07, 6.45) is 1.46. The summed E-state index contributed by atoms with van der Waals surface area (Å²) in [6.45, 7) is 2.75. The lowest BCUT2D eigenvalue weighted by Gasteiger charge is -2.05. The highest BCUT2D eigenvalue weighted by atomic mass is 79.9. The molecule has 0 atom stereocenters. The molecule has 0 aliphatic carbocycles. The molecule has 2 rings (SSSR count). The van der Waals surface area contributed by atoms with Crippen LogP contribution in [0.5, 0.6) is 11.5 Å². The number of carbonyl (C=O) groups is 1. The molecule has 0 spiro atoms. The SMILES string of the molecule is COc1cc2sc(C)[n+](CCC=O)c2cc1OC.[Br-]. The second kappa shape index (κ2) is 6.86. The van der Waals surface area contributed by atoms with Gasteiger partial charge in [-0.15, -0.1) is 0 Å². The van der Waals surface area contributed by atoms with Crippen molar-refractivity contribution < 1.29 is 35.8 Å². The highest BCUT2D eigenvalue weighted by Gasteiger charge is 2.20. The van der Waals surface area contributed by atoms with E-state index in [1.165, 1.54) is 5.01 Å². The van der Waals surface area contributed by atoms with Gasteiger partial charge in [0.25, 0.3) is 0 Å². The number of ether oxygens (including phenoxy) is 2.